The van der Waals surface area contributed by atoms with E-state index in [0.717, 1.165) is 22.3 Å². The number of nitrogens with one attached hydrogen (secondary N) is 2. The zero-order valence-corrected chi connectivity index (χ0v) is 19.2. The van der Waals surface area contributed by atoms with Gasteiger partial charge in [0.15, 0.2) is 6.10 Å². The third-order valence-electron chi connectivity index (χ3n) is 6.47. The van der Waals surface area contributed by atoms with Gasteiger partial charge in [0.25, 0.3) is 5.91 Å². The van der Waals surface area contributed by atoms with E-state index in [2.05, 4.69) is 34.9 Å². The minimum atomic E-state index is -0.857. The first kappa shape index (κ1) is 23.8. The lowest BCUT2D eigenvalue weighted by molar-refractivity contribution is -0.137. The van der Waals surface area contributed by atoms with Gasteiger partial charge in [-0.2, -0.15) is 0 Å². The average Bonchev–Trinajstić information content (AvgIpc) is 3.42. The van der Waals surface area contributed by atoms with E-state index in [-0.39, 0.29) is 30.8 Å². The highest BCUT2D eigenvalue weighted by Crippen LogP contribution is 2.44. The molecule has 1 heterocycles. The van der Waals surface area contributed by atoms with Crippen molar-refractivity contribution in [1.82, 2.24) is 10.6 Å². The van der Waals surface area contributed by atoms with Gasteiger partial charge in [0.05, 0.1) is 6.04 Å². The second-order valence-electron chi connectivity index (χ2n) is 8.94. The molecule has 34 heavy (non-hydrogen) atoms. The number of carboxylic acids is 1. The van der Waals surface area contributed by atoms with Crippen LogP contribution < -0.4 is 10.6 Å². The van der Waals surface area contributed by atoms with E-state index in [4.69, 9.17) is 14.6 Å². The Morgan fingerprint density at radius 1 is 1.09 bits per heavy atom. The van der Waals surface area contributed by atoms with Gasteiger partial charge in [-0.15, -0.1) is 0 Å². The molecule has 180 valence electrons. The number of alkyl carbamates (subject to hydrolysis) is 1. The van der Waals surface area contributed by atoms with E-state index in [1.807, 2.05) is 31.2 Å². The van der Waals surface area contributed by atoms with Crippen LogP contribution in [0.1, 0.15) is 43.2 Å². The first-order valence-electron chi connectivity index (χ1n) is 11.7. The first-order chi connectivity index (χ1) is 16.4. The van der Waals surface area contributed by atoms with Crippen molar-refractivity contribution < 1.29 is 29.0 Å². The highest BCUT2D eigenvalue weighted by Gasteiger charge is 2.36. The molecular formula is C26H30N2O6. The fraction of sp³-hybridized carbons (Fsp3) is 0.423. The molecular weight excluding hydrogens is 436 g/mol. The van der Waals surface area contributed by atoms with Crippen LogP contribution in [0.5, 0.6) is 0 Å². The molecule has 2 amide bonds. The minimum absolute atomic E-state index is 0.0231. The van der Waals surface area contributed by atoms with Crippen molar-refractivity contribution in [2.75, 3.05) is 19.8 Å². The van der Waals surface area contributed by atoms with Crippen molar-refractivity contribution in [3.05, 3.63) is 59.7 Å². The molecule has 0 bridgehead atoms. The lowest BCUT2D eigenvalue weighted by Crippen LogP contribution is -2.49. The van der Waals surface area contributed by atoms with Gasteiger partial charge in [0.2, 0.25) is 0 Å². The molecule has 0 saturated carbocycles. The van der Waals surface area contributed by atoms with Crippen molar-refractivity contribution in [3.8, 4) is 11.1 Å². The van der Waals surface area contributed by atoms with E-state index in [0.29, 0.717) is 26.0 Å². The standard InChI is InChI=1S/C26H30N2O6/c1-16(10-11-23(29)30)14-27-25(31)24-22(12-13-33-24)28-26(32)34-15-21-19-8-4-2-6-17(19)18-7-3-5-9-20(18)21/h2-9,16,21-22,24H,10-15H2,1H3,(H,27,31)(H,28,32)(H,29,30)/t16?,22-,24+/m1/s1. The molecule has 1 unspecified atom stereocenters. The molecule has 1 saturated heterocycles. The summed E-state index contributed by atoms with van der Waals surface area (Å²) in [5, 5.41) is 14.4. The summed E-state index contributed by atoms with van der Waals surface area (Å²) in [5.41, 5.74) is 4.58. The molecule has 0 aromatic heterocycles. The molecule has 1 fully saturated rings. The second kappa shape index (κ2) is 10.7. The van der Waals surface area contributed by atoms with E-state index in [9.17, 15) is 14.4 Å². The van der Waals surface area contributed by atoms with Gasteiger partial charge >= 0.3 is 12.1 Å². The van der Waals surface area contributed by atoms with Crippen molar-refractivity contribution in [2.45, 2.75) is 44.2 Å². The number of carboxylic acid groups (broad SMARTS) is 1. The molecule has 1 aliphatic carbocycles. The van der Waals surface area contributed by atoms with E-state index < -0.39 is 24.2 Å². The molecule has 1 aliphatic heterocycles. The summed E-state index contributed by atoms with van der Waals surface area (Å²) in [6, 6.07) is 15.8. The topological polar surface area (TPSA) is 114 Å². The molecule has 3 N–H and O–H groups in total. The zero-order chi connectivity index (χ0) is 24.1. The molecule has 2 aromatic rings. The summed E-state index contributed by atoms with van der Waals surface area (Å²) in [6.07, 6.45) is -0.334. The second-order valence-corrected chi connectivity index (χ2v) is 8.94. The predicted octanol–water partition coefficient (Wildman–Crippen LogP) is 3.30. The van der Waals surface area contributed by atoms with Crippen LogP contribution in [-0.2, 0) is 19.1 Å². The summed E-state index contributed by atoms with van der Waals surface area (Å²) in [4.78, 5) is 35.9. The first-order valence-corrected chi connectivity index (χ1v) is 11.7. The predicted molar refractivity (Wildman–Crippen MR) is 125 cm³/mol. The smallest absolute Gasteiger partial charge is 0.407 e. The lowest BCUT2D eigenvalue weighted by Gasteiger charge is -2.21. The van der Waals surface area contributed by atoms with Crippen molar-refractivity contribution in [1.29, 1.82) is 0 Å². The number of ether oxygens (including phenoxy) is 2. The zero-order valence-electron chi connectivity index (χ0n) is 19.2. The fourth-order valence-electron chi connectivity index (χ4n) is 4.63. The Kier molecular flexibility index (Phi) is 7.47. The number of carbonyl (C=O) groups excluding carboxylic acids is 2. The SMILES string of the molecule is CC(CCC(=O)O)CNC(=O)[C@H]1OCC[C@H]1NC(=O)OCC1c2ccccc2-c2ccccc21. The Labute approximate surface area is 198 Å². The van der Waals surface area contributed by atoms with Crippen LogP contribution in [0, 0.1) is 5.92 Å². The van der Waals surface area contributed by atoms with E-state index in [1.165, 1.54) is 0 Å². The average molecular weight is 467 g/mol. The number of benzene rings is 2. The number of fused-ring (bicyclic) bond motifs is 3. The third-order valence-corrected chi connectivity index (χ3v) is 6.47. The number of hydrogen-bond acceptors (Lipinski definition) is 5. The van der Waals surface area contributed by atoms with Crippen molar-refractivity contribution in [2.24, 2.45) is 5.92 Å². The van der Waals surface area contributed by atoms with Crippen molar-refractivity contribution in [3.63, 3.8) is 0 Å². The molecule has 2 aromatic carbocycles. The van der Waals surface area contributed by atoms with Gasteiger partial charge in [0.1, 0.15) is 6.61 Å². The number of carbonyl (C=O) groups is 3. The van der Waals surface area contributed by atoms with E-state index in [1.54, 1.807) is 0 Å². The fourth-order valence-corrected chi connectivity index (χ4v) is 4.63. The number of rotatable bonds is 9. The number of aliphatic carboxylic acids is 1. The van der Waals surface area contributed by atoms with Gasteiger partial charge < -0.3 is 25.2 Å². The van der Waals surface area contributed by atoms with Crippen LogP contribution in [0.4, 0.5) is 4.79 Å². The Hall–Kier alpha value is -3.39. The number of hydrogen-bond donors (Lipinski definition) is 3. The van der Waals surface area contributed by atoms with Gasteiger partial charge in [0, 0.05) is 25.5 Å². The van der Waals surface area contributed by atoms with E-state index >= 15 is 0 Å². The Morgan fingerprint density at radius 2 is 1.74 bits per heavy atom. The normalized spacial score (nSPS) is 19.7. The van der Waals surface area contributed by atoms with Crippen LogP contribution in [0.15, 0.2) is 48.5 Å². The van der Waals surface area contributed by atoms with Gasteiger partial charge in [-0.1, -0.05) is 55.5 Å². The highest BCUT2D eigenvalue weighted by atomic mass is 16.6. The largest absolute Gasteiger partial charge is 0.481 e. The van der Waals surface area contributed by atoms with Crippen LogP contribution >= 0.6 is 0 Å². The molecule has 8 heteroatoms. The maximum absolute atomic E-state index is 12.6. The van der Waals surface area contributed by atoms with Crippen molar-refractivity contribution >= 4 is 18.0 Å². The monoisotopic (exact) mass is 466 g/mol. The highest BCUT2D eigenvalue weighted by molar-refractivity contribution is 5.83. The molecule has 4 rings (SSSR count). The molecule has 8 nitrogen and oxygen atoms in total. The van der Waals surface area contributed by atoms with Gasteiger partial charge in [-0.05, 0) is 41.0 Å². The Morgan fingerprint density at radius 3 is 2.38 bits per heavy atom. The molecule has 0 spiro atoms. The third kappa shape index (κ3) is 5.39. The Balaban J connectivity index is 1.29. The summed E-state index contributed by atoms with van der Waals surface area (Å²) < 4.78 is 11.1. The van der Waals surface area contributed by atoms with Gasteiger partial charge in [-0.3, -0.25) is 9.59 Å². The van der Waals surface area contributed by atoms with Crippen LogP contribution in [0.2, 0.25) is 0 Å². The molecule has 0 radical (unpaired) electrons. The van der Waals surface area contributed by atoms with Crippen LogP contribution in [-0.4, -0.2) is 55.0 Å². The summed E-state index contributed by atoms with van der Waals surface area (Å²) in [6.45, 7) is 2.79. The van der Waals surface area contributed by atoms with Crippen LogP contribution in [0.25, 0.3) is 11.1 Å². The maximum atomic E-state index is 12.6. The quantitative estimate of drug-likeness (QED) is 0.523. The summed E-state index contributed by atoms with van der Waals surface area (Å²) in [7, 11) is 0. The summed E-state index contributed by atoms with van der Waals surface area (Å²) in [5.74, 6) is -1.19. The molecule has 2 aliphatic rings. The molecule has 3 atom stereocenters. The minimum Gasteiger partial charge on any atom is -0.481 e. The van der Waals surface area contributed by atoms with Gasteiger partial charge in [-0.25, -0.2) is 4.79 Å². The Bertz CT molecular complexity index is 1010. The number of amides is 2. The summed E-state index contributed by atoms with van der Waals surface area (Å²) >= 11 is 0. The maximum Gasteiger partial charge on any atom is 0.407 e. The lowest BCUT2D eigenvalue weighted by atomic mass is 9.98. The van der Waals surface area contributed by atoms with Crippen LogP contribution in [0.3, 0.4) is 0 Å².